The lowest BCUT2D eigenvalue weighted by Gasteiger charge is -2.23. The number of hydrogen-bond donors (Lipinski definition) is 0. The maximum Gasteiger partial charge on any atom is 0.254 e. The molecule has 0 radical (unpaired) electrons. The standard InChI is InChI=1S/C16H21N7O3S/c1-11-9-14(23-16(19-11)17-10-18-23)21-5-4-6-22(8-7-21)27(24,25)15-12(2)20-26-13(15)3/h9-10H,4-8H2,1-3H3. The van der Waals surface area contributed by atoms with Gasteiger partial charge in [0, 0.05) is 37.9 Å². The molecule has 1 fully saturated rings. The van der Waals surface area contributed by atoms with E-state index in [1.165, 1.54) is 10.6 Å². The van der Waals surface area contributed by atoms with E-state index in [1.54, 1.807) is 18.4 Å². The molecule has 1 saturated heterocycles. The molecular formula is C16H21N7O3S. The van der Waals surface area contributed by atoms with Crippen molar-refractivity contribution in [2.75, 3.05) is 31.1 Å². The van der Waals surface area contributed by atoms with Crippen LogP contribution in [0.3, 0.4) is 0 Å². The van der Waals surface area contributed by atoms with Crippen LogP contribution < -0.4 is 4.90 Å². The first-order chi connectivity index (χ1) is 12.9. The van der Waals surface area contributed by atoms with E-state index in [0.717, 1.165) is 11.5 Å². The van der Waals surface area contributed by atoms with Gasteiger partial charge in [-0.05, 0) is 27.2 Å². The number of sulfonamides is 1. The van der Waals surface area contributed by atoms with Gasteiger partial charge in [-0.3, -0.25) is 0 Å². The van der Waals surface area contributed by atoms with Gasteiger partial charge in [0.1, 0.15) is 22.7 Å². The lowest BCUT2D eigenvalue weighted by atomic mass is 10.3. The maximum absolute atomic E-state index is 13.1. The molecule has 3 aromatic rings. The van der Waals surface area contributed by atoms with Crippen LogP contribution in [0.5, 0.6) is 0 Å². The minimum absolute atomic E-state index is 0.175. The fraction of sp³-hybridized carbons (Fsp3) is 0.500. The third-order valence-electron chi connectivity index (χ3n) is 4.71. The molecule has 1 aliphatic rings. The van der Waals surface area contributed by atoms with E-state index >= 15 is 0 Å². The van der Waals surface area contributed by atoms with Crippen molar-refractivity contribution in [3.63, 3.8) is 0 Å². The highest BCUT2D eigenvalue weighted by molar-refractivity contribution is 7.89. The Kier molecular flexibility index (Phi) is 4.35. The van der Waals surface area contributed by atoms with E-state index in [9.17, 15) is 8.42 Å². The van der Waals surface area contributed by atoms with Crippen molar-refractivity contribution in [2.24, 2.45) is 0 Å². The van der Waals surface area contributed by atoms with Gasteiger partial charge in [0.2, 0.25) is 10.0 Å². The quantitative estimate of drug-likeness (QED) is 0.649. The first-order valence-electron chi connectivity index (χ1n) is 8.73. The van der Waals surface area contributed by atoms with Crippen molar-refractivity contribution >= 4 is 21.6 Å². The van der Waals surface area contributed by atoms with E-state index in [-0.39, 0.29) is 4.90 Å². The van der Waals surface area contributed by atoms with E-state index in [2.05, 4.69) is 25.1 Å². The molecule has 0 N–H and O–H groups in total. The van der Waals surface area contributed by atoms with Crippen molar-refractivity contribution in [2.45, 2.75) is 32.1 Å². The van der Waals surface area contributed by atoms with Gasteiger partial charge < -0.3 is 9.42 Å². The summed E-state index contributed by atoms with van der Waals surface area (Å²) in [5.74, 6) is 1.73. The summed E-state index contributed by atoms with van der Waals surface area (Å²) in [6.07, 6.45) is 2.16. The molecule has 0 aromatic carbocycles. The number of fused-ring (bicyclic) bond motifs is 1. The monoisotopic (exact) mass is 391 g/mol. The van der Waals surface area contributed by atoms with Crippen molar-refractivity contribution in [1.82, 2.24) is 29.0 Å². The molecule has 1 aliphatic heterocycles. The van der Waals surface area contributed by atoms with Crippen LogP contribution in [0.4, 0.5) is 5.82 Å². The Bertz CT molecular complexity index is 1070. The zero-order valence-electron chi connectivity index (χ0n) is 15.5. The first-order valence-corrected chi connectivity index (χ1v) is 10.2. The van der Waals surface area contributed by atoms with Gasteiger partial charge in [-0.1, -0.05) is 5.16 Å². The molecule has 0 atom stereocenters. The SMILES string of the molecule is Cc1cc(N2CCCN(S(=O)(=O)c3c(C)noc3C)CC2)n2ncnc2n1. The Morgan fingerprint density at radius 3 is 2.67 bits per heavy atom. The lowest BCUT2D eigenvalue weighted by Crippen LogP contribution is -2.36. The van der Waals surface area contributed by atoms with E-state index in [4.69, 9.17) is 4.52 Å². The summed E-state index contributed by atoms with van der Waals surface area (Å²) >= 11 is 0. The van der Waals surface area contributed by atoms with Gasteiger partial charge >= 0.3 is 0 Å². The summed E-state index contributed by atoms with van der Waals surface area (Å²) in [5, 5.41) is 8.03. The lowest BCUT2D eigenvalue weighted by molar-refractivity contribution is 0.389. The molecule has 11 heteroatoms. The Morgan fingerprint density at radius 2 is 1.93 bits per heavy atom. The molecule has 4 rings (SSSR count). The topological polar surface area (TPSA) is 110 Å². The summed E-state index contributed by atoms with van der Waals surface area (Å²) < 4.78 is 34.4. The molecule has 0 saturated carbocycles. The van der Waals surface area contributed by atoms with E-state index in [1.807, 2.05) is 13.0 Å². The fourth-order valence-electron chi connectivity index (χ4n) is 3.47. The predicted octanol–water partition coefficient (Wildman–Crippen LogP) is 0.939. The molecule has 3 aromatic heterocycles. The average molecular weight is 391 g/mol. The fourth-order valence-corrected chi connectivity index (χ4v) is 5.23. The van der Waals surface area contributed by atoms with Crippen LogP contribution in [0.1, 0.15) is 23.6 Å². The summed E-state index contributed by atoms with van der Waals surface area (Å²) in [7, 11) is -3.65. The second kappa shape index (κ2) is 6.57. The van der Waals surface area contributed by atoms with Gasteiger partial charge in [-0.2, -0.15) is 18.9 Å². The second-order valence-electron chi connectivity index (χ2n) is 6.63. The van der Waals surface area contributed by atoms with Crippen LogP contribution in [-0.4, -0.2) is 63.6 Å². The Morgan fingerprint density at radius 1 is 1.11 bits per heavy atom. The third-order valence-corrected chi connectivity index (χ3v) is 6.85. The number of anilines is 1. The van der Waals surface area contributed by atoms with Crippen LogP contribution in [0.25, 0.3) is 5.78 Å². The van der Waals surface area contributed by atoms with Crippen LogP contribution in [0, 0.1) is 20.8 Å². The molecule has 0 amide bonds. The molecular weight excluding hydrogens is 370 g/mol. The molecule has 0 bridgehead atoms. The third kappa shape index (κ3) is 3.06. The highest BCUT2D eigenvalue weighted by Crippen LogP contribution is 2.25. The molecule has 0 spiro atoms. The maximum atomic E-state index is 13.1. The van der Waals surface area contributed by atoms with Crippen LogP contribution >= 0.6 is 0 Å². The highest BCUT2D eigenvalue weighted by Gasteiger charge is 2.32. The van der Waals surface area contributed by atoms with Gasteiger partial charge in [0.25, 0.3) is 5.78 Å². The average Bonchev–Trinajstić information content (AvgIpc) is 3.11. The van der Waals surface area contributed by atoms with Crippen molar-refractivity contribution in [3.05, 3.63) is 29.5 Å². The normalized spacial score (nSPS) is 16.8. The summed E-state index contributed by atoms with van der Waals surface area (Å²) in [6, 6.07) is 1.94. The Balaban J connectivity index is 1.62. The second-order valence-corrected chi connectivity index (χ2v) is 8.50. The number of rotatable bonds is 3. The van der Waals surface area contributed by atoms with Crippen molar-refractivity contribution < 1.29 is 12.9 Å². The summed E-state index contributed by atoms with van der Waals surface area (Å²) in [5.41, 5.74) is 1.23. The number of aryl methyl sites for hydroxylation is 3. The van der Waals surface area contributed by atoms with Gasteiger partial charge in [-0.15, -0.1) is 0 Å². The number of nitrogens with zero attached hydrogens (tertiary/aromatic N) is 7. The zero-order chi connectivity index (χ0) is 19.2. The molecule has 10 nitrogen and oxygen atoms in total. The number of aromatic nitrogens is 5. The van der Waals surface area contributed by atoms with Gasteiger partial charge in [-0.25, -0.2) is 13.4 Å². The highest BCUT2D eigenvalue weighted by atomic mass is 32.2. The van der Waals surface area contributed by atoms with E-state index in [0.29, 0.717) is 49.8 Å². The predicted molar refractivity (Wildman–Crippen MR) is 97.1 cm³/mol. The zero-order valence-corrected chi connectivity index (χ0v) is 16.3. The minimum Gasteiger partial charge on any atom is -0.360 e. The smallest absolute Gasteiger partial charge is 0.254 e. The molecule has 4 heterocycles. The Hall–Kier alpha value is -2.53. The minimum atomic E-state index is -3.65. The Labute approximate surface area is 156 Å². The molecule has 0 aliphatic carbocycles. The van der Waals surface area contributed by atoms with Gasteiger partial charge in [0.05, 0.1) is 0 Å². The molecule has 144 valence electrons. The van der Waals surface area contributed by atoms with Crippen LogP contribution in [0.15, 0.2) is 21.8 Å². The summed E-state index contributed by atoms with van der Waals surface area (Å²) in [6.45, 7) is 7.24. The van der Waals surface area contributed by atoms with Crippen LogP contribution in [0.2, 0.25) is 0 Å². The van der Waals surface area contributed by atoms with Crippen LogP contribution in [-0.2, 0) is 10.0 Å². The number of hydrogen-bond acceptors (Lipinski definition) is 8. The molecule has 27 heavy (non-hydrogen) atoms. The van der Waals surface area contributed by atoms with Crippen molar-refractivity contribution in [3.8, 4) is 0 Å². The van der Waals surface area contributed by atoms with Gasteiger partial charge in [0.15, 0.2) is 5.76 Å². The summed E-state index contributed by atoms with van der Waals surface area (Å²) in [4.78, 5) is 10.8. The van der Waals surface area contributed by atoms with Crippen molar-refractivity contribution in [1.29, 1.82) is 0 Å². The first kappa shape index (κ1) is 17.9. The van der Waals surface area contributed by atoms with E-state index < -0.39 is 10.0 Å². The largest absolute Gasteiger partial charge is 0.360 e. The molecule has 0 unspecified atom stereocenters.